The lowest BCUT2D eigenvalue weighted by Crippen LogP contribution is -2.03. The minimum Gasteiger partial charge on any atom is -0.207 e. The van der Waals surface area contributed by atoms with E-state index < -0.39 is 11.6 Å². The Labute approximate surface area is 133 Å². The van der Waals surface area contributed by atoms with Crippen molar-refractivity contribution in [1.82, 2.24) is 0 Å². The lowest BCUT2D eigenvalue weighted by Gasteiger charge is -2.14. The van der Waals surface area contributed by atoms with Crippen molar-refractivity contribution in [1.29, 1.82) is 0 Å². The Hall–Kier alpha value is -0.490. The highest BCUT2D eigenvalue weighted by Crippen LogP contribution is 2.33. The molecule has 0 aromatic heterocycles. The Morgan fingerprint density at radius 2 is 1.68 bits per heavy atom. The third kappa shape index (κ3) is 3.34. The molecule has 1 unspecified atom stereocenters. The molecular weight excluding hydrogens is 425 g/mol. The molecule has 0 spiro atoms. The zero-order chi connectivity index (χ0) is 14.0. The van der Waals surface area contributed by atoms with Crippen LogP contribution < -0.4 is 0 Å². The third-order valence-corrected chi connectivity index (χ3v) is 5.29. The van der Waals surface area contributed by atoms with E-state index in [2.05, 4.69) is 38.5 Å². The van der Waals surface area contributed by atoms with Gasteiger partial charge in [-0.05, 0) is 59.2 Å². The van der Waals surface area contributed by atoms with Crippen LogP contribution >= 0.6 is 38.5 Å². The van der Waals surface area contributed by atoms with Gasteiger partial charge in [-0.15, -0.1) is 0 Å². The molecule has 0 nitrogen and oxygen atoms in total. The van der Waals surface area contributed by atoms with Gasteiger partial charge in [0.05, 0.1) is 0 Å². The van der Waals surface area contributed by atoms with Gasteiger partial charge in [0.2, 0.25) is 0 Å². The molecule has 2 aromatic carbocycles. The molecule has 19 heavy (non-hydrogen) atoms. The maximum atomic E-state index is 13.6. The summed E-state index contributed by atoms with van der Waals surface area (Å²) < 4.78 is 28.4. The molecule has 0 aliphatic carbocycles. The molecule has 0 radical (unpaired) electrons. The summed E-state index contributed by atoms with van der Waals surface area (Å²) in [6.07, 6.45) is 0.290. The number of aryl methyl sites for hydroxylation is 1. The van der Waals surface area contributed by atoms with Gasteiger partial charge in [0.25, 0.3) is 0 Å². The predicted molar refractivity (Wildman–Crippen MR) is 85.6 cm³/mol. The van der Waals surface area contributed by atoms with Gasteiger partial charge >= 0.3 is 0 Å². The molecule has 100 valence electrons. The summed E-state index contributed by atoms with van der Waals surface area (Å²) in [6.45, 7) is 2.02. The maximum Gasteiger partial charge on any atom is 0.129 e. The molecule has 2 rings (SSSR count). The Balaban J connectivity index is 2.31. The molecule has 0 saturated carbocycles. The first-order valence-electron chi connectivity index (χ1n) is 5.82. The van der Waals surface area contributed by atoms with Crippen LogP contribution in [0, 0.1) is 22.1 Å². The lowest BCUT2D eigenvalue weighted by atomic mass is 10.0. The van der Waals surface area contributed by atoms with Gasteiger partial charge < -0.3 is 0 Å². The van der Waals surface area contributed by atoms with Crippen molar-refractivity contribution >= 4 is 38.5 Å². The van der Waals surface area contributed by atoms with E-state index in [0.717, 1.165) is 14.7 Å². The smallest absolute Gasteiger partial charge is 0.129 e. The largest absolute Gasteiger partial charge is 0.207 e. The van der Waals surface area contributed by atoms with E-state index in [1.54, 1.807) is 0 Å². The first kappa shape index (κ1) is 14.9. The van der Waals surface area contributed by atoms with Crippen molar-refractivity contribution in [3.8, 4) is 0 Å². The maximum absolute atomic E-state index is 13.6. The summed E-state index contributed by atoms with van der Waals surface area (Å²) in [7, 11) is 0. The molecule has 0 N–H and O–H groups in total. The third-order valence-electron chi connectivity index (χ3n) is 3.00. The van der Waals surface area contributed by atoms with Gasteiger partial charge in [0.15, 0.2) is 0 Å². The van der Waals surface area contributed by atoms with Crippen molar-refractivity contribution in [2.75, 3.05) is 0 Å². The Kier molecular flexibility index (Phi) is 4.95. The molecule has 0 aliphatic heterocycles. The van der Waals surface area contributed by atoms with Crippen molar-refractivity contribution in [3.05, 3.63) is 68.3 Å². The van der Waals surface area contributed by atoms with E-state index in [1.807, 2.05) is 25.1 Å². The molecule has 0 bridgehead atoms. The second-order valence-corrected chi connectivity index (χ2v) is 6.53. The molecular formula is C15H12BrF2I. The van der Waals surface area contributed by atoms with Crippen LogP contribution in [0.4, 0.5) is 8.78 Å². The predicted octanol–water partition coefficient (Wildman–Crippen LogP) is 5.56. The fraction of sp³-hybridized carbons (Fsp3) is 0.200. The standard InChI is InChI=1S/C15H12BrF2I/c1-9-4-2-5-10(15(9)19)12(16)8-11-13(17)6-3-7-14(11)18/h2-7,12H,8H2,1H3. The van der Waals surface area contributed by atoms with Crippen molar-refractivity contribution in [2.24, 2.45) is 0 Å². The monoisotopic (exact) mass is 436 g/mol. The Morgan fingerprint density at radius 3 is 2.32 bits per heavy atom. The summed E-state index contributed by atoms with van der Waals surface area (Å²) >= 11 is 5.80. The van der Waals surface area contributed by atoms with Crippen LogP contribution in [0.5, 0.6) is 0 Å². The SMILES string of the molecule is Cc1cccc(C(Br)Cc2c(F)cccc2F)c1I. The zero-order valence-electron chi connectivity index (χ0n) is 10.3. The summed E-state index contributed by atoms with van der Waals surface area (Å²) in [4.78, 5) is -0.106. The highest BCUT2D eigenvalue weighted by molar-refractivity contribution is 14.1. The number of halogens is 4. The van der Waals surface area contributed by atoms with Crippen LogP contribution in [0.1, 0.15) is 21.5 Å². The van der Waals surface area contributed by atoms with Crippen LogP contribution in [-0.2, 0) is 6.42 Å². The number of hydrogen-bond donors (Lipinski definition) is 0. The van der Waals surface area contributed by atoms with Gasteiger partial charge in [-0.1, -0.05) is 40.2 Å². The van der Waals surface area contributed by atoms with Gasteiger partial charge in [0.1, 0.15) is 11.6 Å². The van der Waals surface area contributed by atoms with Gasteiger partial charge in [-0.25, -0.2) is 8.78 Å². The van der Waals surface area contributed by atoms with Crippen LogP contribution in [0.25, 0.3) is 0 Å². The molecule has 0 aliphatic rings. The van der Waals surface area contributed by atoms with Crippen molar-refractivity contribution in [2.45, 2.75) is 18.2 Å². The van der Waals surface area contributed by atoms with Crippen LogP contribution in [0.3, 0.4) is 0 Å². The highest BCUT2D eigenvalue weighted by Gasteiger charge is 2.17. The van der Waals surface area contributed by atoms with Gasteiger partial charge in [0, 0.05) is 14.0 Å². The highest BCUT2D eigenvalue weighted by atomic mass is 127. The quantitative estimate of drug-likeness (QED) is 0.436. The average Bonchev–Trinajstić information content (AvgIpc) is 2.37. The first-order chi connectivity index (χ1) is 9.00. The van der Waals surface area contributed by atoms with Gasteiger partial charge in [-0.3, -0.25) is 0 Å². The molecule has 4 heteroatoms. The molecule has 0 fully saturated rings. The van der Waals surface area contributed by atoms with E-state index in [9.17, 15) is 8.78 Å². The molecule has 1 atom stereocenters. The van der Waals surface area contributed by atoms with Crippen LogP contribution in [0.15, 0.2) is 36.4 Å². The zero-order valence-corrected chi connectivity index (χ0v) is 14.0. The fourth-order valence-corrected chi connectivity index (χ4v) is 3.80. The minimum atomic E-state index is -0.493. The summed E-state index contributed by atoms with van der Waals surface area (Å²) in [6, 6.07) is 9.92. The van der Waals surface area contributed by atoms with E-state index >= 15 is 0 Å². The first-order valence-corrected chi connectivity index (χ1v) is 7.82. The van der Waals surface area contributed by atoms with Crippen molar-refractivity contribution in [3.63, 3.8) is 0 Å². The second kappa shape index (κ2) is 6.31. The molecule has 2 aromatic rings. The van der Waals surface area contributed by atoms with E-state index in [1.165, 1.54) is 18.2 Å². The van der Waals surface area contributed by atoms with E-state index in [0.29, 0.717) is 0 Å². The Bertz CT molecular complexity index is 578. The normalized spacial score (nSPS) is 12.5. The number of benzene rings is 2. The van der Waals surface area contributed by atoms with E-state index in [4.69, 9.17) is 0 Å². The topological polar surface area (TPSA) is 0 Å². The van der Waals surface area contributed by atoms with Crippen LogP contribution in [-0.4, -0.2) is 0 Å². The summed E-state index contributed by atoms with van der Waals surface area (Å²) in [5.74, 6) is -0.987. The average molecular weight is 437 g/mol. The number of rotatable bonds is 3. The lowest BCUT2D eigenvalue weighted by molar-refractivity contribution is 0.554. The second-order valence-electron chi connectivity index (χ2n) is 4.35. The summed E-state index contributed by atoms with van der Waals surface area (Å²) in [5, 5.41) is 0. The molecule has 0 heterocycles. The van der Waals surface area contributed by atoms with Crippen LogP contribution in [0.2, 0.25) is 0 Å². The Morgan fingerprint density at radius 1 is 1.11 bits per heavy atom. The van der Waals surface area contributed by atoms with Crippen molar-refractivity contribution < 1.29 is 8.78 Å². The number of hydrogen-bond acceptors (Lipinski definition) is 0. The van der Waals surface area contributed by atoms with Gasteiger partial charge in [-0.2, -0.15) is 0 Å². The molecule has 0 amide bonds. The van der Waals surface area contributed by atoms with E-state index in [-0.39, 0.29) is 16.8 Å². The number of alkyl halides is 1. The summed E-state index contributed by atoms with van der Waals surface area (Å²) in [5.41, 5.74) is 2.35. The minimum absolute atomic E-state index is 0.106. The fourth-order valence-electron chi connectivity index (χ4n) is 1.93. The molecule has 0 saturated heterocycles.